The fraction of sp³-hybridized carbons (Fsp3) is 0.542. The summed E-state index contributed by atoms with van der Waals surface area (Å²) in [7, 11) is 1.56. The third-order valence-corrected chi connectivity index (χ3v) is 8.57. The molecule has 2 fully saturated rings. The van der Waals surface area contributed by atoms with E-state index < -0.39 is 30.8 Å². The monoisotopic (exact) mass is 582 g/mol. The van der Waals surface area contributed by atoms with E-state index >= 15 is 0 Å². The van der Waals surface area contributed by atoms with Crippen molar-refractivity contribution in [3.8, 4) is 5.88 Å². The Balaban J connectivity index is 1.24. The number of nitrogens with zero attached hydrogens (tertiary/aromatic N) is 5. The molecule has 11 nitrogen and oxygen atoms in total. The van der Waals surface area contributed by atoms with Crippen molar-refractivity contribution in [2.75, 3.05) is 17.2 Å². The van der Waals surface area contributed by atoms with Gasteiger partial charge >= 0.3 is 6.61 Å². The van der Waals surface area contributed by atoms with Crippen LogP contribution in [0.5, 0.6) is 5.88 Å². The molecule has 2 unspecified atom stereocenters. The van der Waals surface area contributed by atoms with Crippen molar-refractivity contribution >= 4 is 39.9 Å². The van der Waals surface area contributed by atoms with Crippen LogP contribution >= 0.6 is 11.3 Å². The van der Waals surface area contributed by atoms with Gasteiger partial charge in [0.05, 0.1) is 5.56 Å². The lowest BCUT2D eigenvalue weighted by Gasteiger charge is -2.25. The number of aromatic nitrogens is 5. The summed E-state index contributed by atoms with van der Waals surface area (Å²) < 4.78 is 59.7. The molecule has 0 aromatic carbocycles. The van der Waals surface area contributed by atoms with Crippen LogP contribution in [-0.2, 0) is 24.7 Å². The number of carbonyl (C=O) groups excluding carboxylic acids is 2. The highest BCUT2D eigenvalue weighted by Crippen LogP contribution is 2.50. The first-order valence-corrected chi connectivity index (χ1v) is 13.7. The molecule has 3 heterocycles. The van der Waals surface area contributed by atoms with Crippen LogP contribution in [0.3, 0.4) is 0 Å². The van der Waals surface area contributed by atoms with Gasteiger partial charge in [0.1, 0.15) is 23.1 Å². The van der Waals surface area contributed by atoms with E-state index in [0.717, 1.165) is 23.3 Å². The first-order chi connectivity index (χ1) is 19.1. The molecule has 40 heavy (non-hydrogen) atoms. The second kappa shape index (κ2) is 10.1. The zero-order valence-electron chi connectivity index (χ0n) is 21.3. The minimum absolute atomic E-state index is 0.184. The lowest BCUT2D eigenvalue weighted by molar-refractivity contribution is -0.119. The minimum atomic E-state index is -3.02. The Morgan fingerprint density at radius 1 is 1.27 bits per heavy atom. The Morgan fingerprint density at radius 2 is 2.05 bits per heavy atom. The number of fused-ring (bicyclic) bond motifs is 1. The Bertz CT molecular complexity index is 1450. The number of nitrogens with one attached hydrogen (secondary N) is 3. The van der Waals surface area contributed by atoms with Gasteiger partial charge < -0.3 is 20.7 Å². The zero-order valence-corrected chi connectivity index (χ0v) is 22.1. The molecule has 6 rings (SSSR count). The molecule has 3 N–H and O–H groups in total. The lowest BCUT2D eigenvalue weighted by Crippen LogP contribution is -2.29. The van der Waals surface area contributed by atoms with Crippen LogP contribution in [0.1, 0.15) is 52.5 Å². The molecule has 3 aromatic rings. The second-order valence-corrected chi connectivity index (χ2v) is 11.4. The third kappa shape index (κ3) is 5.36. The third-order valence-electron chi connectivity index (χ3n) is 7.36. The maximum absolute atomic E-state index is 13.5. The Hall–Kier alpha value is -3.69. The predicted molar refractivity (Wildman–Crippen MR) is 135 cm³/mol. The summed E-state index contributed by atoms with van der Waals surface area (Å²) >= 11 is 1.25. The molecule has 16 heteroatoms. The smallest absolute Gasteiger partial charge is 0.388 e. The van der Waals surface area contributed by atoms with E-state index in [2.05, 4.69) is 36.0 Å². The molecular weight excluding hydrogens is 556 g/mol. The van der Waals surface area contributed by atoms with Gasteiger partial charge in [0, 0.05) is 37.0 Å². The van der Waals surface area contributed by atoms with E-state index in [4.69, 9.17) is 0 Å². The summed E-state index contributed by atoms with van der Waals surface area (Å²) in [5.74, 6) is -4.67. The highest BCUT2D eigenvalue weighted by Gasteiger charge is 2.61. The summed E-state index contributed by atoms with van der Waals surface area (Å²) in [6, 6.07) is 1.12. The molecule has 3 aromatic heterocycles. The first kappa shape index (κ1) is 26.5. The number of carbonyl (C=O) groups is 2. The van der Waals surface area contributed by atoms with Crippen LogP contribution < -0.4 is 20.7 Å². The maximum Gasteiger partial charge on any atom is 0.388 e. The quantitative estimate of drug-likeness (QED) is 0.310. The number of aryl methyl sites for hydroxylation is 2. The number of rotatable bonds is 10. The van der Waals surface area contributed by atoms with Crippen LogP contribution in [-0.4, -0.2) is 55.4 Å². The summed E-state index contributed by atoms with van der Waals surface area (Å²) in [6.07, 6.45) is 4.76. The van der Waals surface area contributed by atoms with Gasteiger partial charge in [-0.2, -0.15) is 8.78 Å². The first-order valence-electron chi connectivity index (χ1n) is 12.9. The fourth-order valence-electron chi connectivity index (χ4n) is 4.90. The van der Waals surface area contributed by atoms with Crippen LogP contribution in [0, 0.1) is 11.8 Å². The lowest BCUT2D eigenvalue weighted by atomic mass is 9.91. The van der Waals surface area contributed by atoms with E-state index in [1.165, 1.54) is 28.4 Å². The highest BCUT2D eigenvalue weighted by atomic mass is 32.1. The molecule has 0 aliphatic heterocycles. The molecule has 214 valence electrons. The molecular formula is C24H26F4N8O3S. The van der Waals surface area contributed by atoms with E-state index in [1.807, 2.05) is 0 Å². The molecule has 3 aliphatic rings. The van der Waals surface area contributed by atoms with Crippen molar-refractivity contribution < 1.29 is 31.9 Å². The topological polar surface area (TPSA) is 128 Å². The molecule has 0 bridgehead atoms. The largest absolute Gasteiger partial charge is 0.415 e. The van der Waals surface area contributed by atoms with Crippen LogP contribution in [0.25, 0.3) is 0 Å². The molecule has 0 saturated heterocycles. The fourth-order valence-corrected chi connectivity index (χ4v) is 6.14. The molecule has 3 aliphatic carbocycles. The maximum atomic E-state index is 13.5. The van der Waals surface area contributed by atoms with Crippen molar-refractivity contribution in [2.24, 2.45) is 18.9 Å². The van der Waals surface area contributed by atoms with Crippen molar-refractivity contribution in [3.63, 3.8) is 0 Å². The number of hydrogen-bond acceptors (Lipinski definition) is 8. The average Bonchev–Trinajstić information content (AvgIpc) is 3.67. The van der Waals surface area contributed by atoms with Crippen molar-refractivity contribution in [3.05, 3.63) is 28.4 Å². The summed E-state index contributed by atoms with van der Waals surface area (Å²) in [6.45, 7) is -2.50. The van der Waals surface area contributed by atoms with Gasteiger partial charge in [0.2, 0.25) is 17.7 Å². The van der Waals surface area contributed by atoms with Crippen LogP contribution in [0.15, 0.2) is 12.4 Å². The summed E-state index contributed by atoms with van der Waals surface area (Å²) in [5, 5.41) is 20.9. The van der Waals surface area contributed by atoms with Crippen molar-refractivity contribution in [1.82, 2.24) is 29.9 Å². The Labute approximate surface area is 229 Å². The van der Waals surface area contributed by atoms with E-state index in [1.54, 1.807) is 11.6 Å². The van der Waals surface area contributed by atoms with Gasteiger partial charge in [-0.25, -0.2) is 13.5 Å². The standard InChI is InChI=1S/C24H26F4N8O3S/c1-35-16(7-17(34-35)39-22(25)26)31-23-33-30-10-36(23)12-4-5-15-13(6-12)18(20(38)29-9-11-2-3-11)21(40-15)32-19(37)14-8-24(14,27)28/h7,10-12,14,22H,2-6,8-9H2,1H3,(H,29,38)(H,31,33)(H,32,37). The van der Waals surface area contributed by atoms with E-state index in [-0.39, 0.29) is 22.8 Å². The van der Waals surface area contributed by atoms with Gasteiger partial charge in [0.25, 0.3) is 11.8 Å². The van der Waals surface area contributed by atoms with E-state index in [9.17, 15) is 27.2 Å². The minimum Gasteiger partial charge on any atom is -0.415 e. The highest BCUT2D eigenvalue weighted by molar-refractivity contribution is 7.17. The van der Waals surface area contributed by atoms with Gasteiger partial charge in [-0.1, -0.05) is 0 Å². The van der Waals surface area contributed by atoms with Gasteiger partial charge in [-0.15, -0.1) is 26.6 Å². The van der Waals surface area contributed by atoms with Gasteiger partial charge in [0.15, 0.2) is 0 Å². The number of amides is 2. The van der Waals surface area contributed by atoms with Crippen LogP contribution in [0.4, 0.5) is 34.3 Å². The summed E-state index contributed by atoms with van der Waals surface area (Å²) in [5.41, 5.74) is 1.06. The molecule has 0 spiro atoms. The molecule has 0 radical (unpaired) electrons. The van der Waals surface area contributed by atoms with E-state index in [0.29, 0.717) is 49.1 Å². The zero-order chi connectivity index (χ0) is 28.2. The van der Waals surface area contributed by atoms with Gasteiger partial charge in [-0.05, 0) is 43.6 Å². The van der Waals surface area contributed by atoms with Gasteiger partial charge in [-0.3, -0.25) is 14.2 Å². The molecule has 2 amide bonds. The number of anilines is 3. The number of hydrogen-bond donors (Lipinski definition) is 3. The predicted octanol–water partition coefficient (Wildman–Crippen LogP) is 3.88. The summed E-state index contributed by atoms with van der Waals surface area (Å²) in [4.78, 5) is 26.7. The van der Waals surface area contributed by atoms with Crippen LogP contribution in [0.2, 0.25) is 0 Å². The number of ether oxygens (including phenoxy) is 1. The Morgan fingerprint density at radius 3 is 2.75 bits per heavy atom. The SMILES string of the molecule is Cn1nc(OC(F)F)cc1Nc1nncn1C1CCc2sc(NC(=O)C3CC3(F)F)c(C(=O)NCC3CC3)c2C1. The second-order valence-electron chi connectivity index (χ2n) is 10.3. The molecule has 2 atom stereocenters. The van der Waals surface area contributed by atoms with Crippen molar-refractivity contribution in [2.45, 2.75) is 57.1 Å². The normalized spacial score (nSPS) is 21.1. The number of alkyl halides is 4. The van der Waals surface area contributed by atoms with Crippen molar-refractivity contribution in [1.29, 1.82) is 0 Å². The average molecular weight is 583 g/mol. The Kier molecular flexibility index (Phi) is 6.67. The number of thiophene rings is 1. The molecule has 2 saturated carbocycles. The number of halogens is 4.